The molecule has 7 heteroatoms. The van der Waals surface area contributed by atoms with Crippen LogP contribution in [0.15, 0.2) is 24.3 Å². The molecular formula is C17H24N4O2S. The molecule has 0 bridgehead atoms. The van der Waals surface area contributed by atoms with Gasteiger partial charge in [0.15, 0.2) is 16.7 Å². The first-order valence-corrected chi connectivity index (χ1v) is 8.51. The van der Waals surface area contributed by atoms with E-state index in [1.165, 1.54) is 5.56 Å². The molecule has 0 aliphatic heterocycles. The third kappa shape index (κ3) is 4.44. The van der Waals surface area contributed by atoms with Crippen molar-refractivity contribution in [3.63, 3.8) is 0 Å². The van der Waals surface area contributed by atoms with Crippen LogP contribution < -0.4 is 10.1 Å². The van der Waals surface area contributed by atoms with Gasteiger partial charge in [-0.3, -0.25) is 9.89 Å². The molecule has 0 aliphatic carbocycles. The highest BCUT2D eigenvalue weighted by molar-refractivity contribution is 7.71. The number of nitrogens with one attached hydrogen (secondary N) is 2. The van der Waals surface area contributed by atoms with Gasteiger partial charge in [-0.05, 0) is 49.7 Å². The summed E-state index contributed by atoms with van der Waals surface area (Å²) in [5, 5.41) is 9.68. The van der Waals surface area contributed by atoms with Crippen molar-refractivity contribution in [3.05, 3.63) is 40.4 Å². The van der Waals surface area contributed by atoms with Gasteiger partial charge in [0, 0.05) is 6.54 Å². The van der Waals surface area contributed by atoms with E-state index in [-0.39, 0.29) is 5.91 Å². The van der Waals surface area contributed by atoms with Gasteiger partial charge in [0.25, 0.3) is 5.91 Å². The predicted molar refractivity (Wildman–Crippen MR) is 95.6 cm³/mol. The van der Waals surface area contributed by atoms with Crippen LogP contribution in [0.25, 0.3) is 0 Å². The fraction of sp³-hybridized carbons (Fsp3) is 0.471. The summed E-state index contributed by atoms with van der Waals surface area (Å²) in [6.45, 7) is 8.96. The number of H-pyrrole nitrogens is 1. The number of carbonyl (C=O) groups is 1. The van der Waals surface area contributed by atoms with Crippen molar-refractivity contribution < 1.29 is 9.53 Å². The van der Waals surface area contributed by atoms with Crippen LogP contribution in [0.4, 0.5) is 0 Å². The smallest absolute Gasteiger partial charge is 0.261 e. The van der Waals surface area contributed by atoms with E-state index in [0.29, 0.717) is 35.4 Å². The fourth-order valence-corrected chi connectivity index (χ4v) is 2.61. The maximum Gasteiger partial charge on any atom is 0.261 e. The number of amides is 1. The lowest BCUT2D eigenvalue weighted by Gasteiger charge is -2.16. The van der Waals surface area contributed by atoms with Gasteiger partial charge in [0.1, 0.15) is 5.75 Å². The average Bonchev–Trinajstić information content (AvgIpc) is 2.92. The first-order valence-electron chi connectivity index (χ1n) is 8.10. The van der Waals surface area contributed by atoms with E-state index >= 15 is 0 Å². The Hall–Kier alpha value is -2.15. The molecule has 0 unspecified atom stereocenters. The second-order valence-corrected chi connectivity index (χ2v) is 6.28. The van der Waals surface area contributed by atoms with E-state index < -0.39 is 6.10 Å². The summed E-state index contributed by atoms with van der Waals surface area (Å²) < 4.78 is 8.14. The van der Waals surface area contributed by atoms with Crippen LogP contribution in [0.3, 0.4) is 0 Å². The van der Waals surface area contributed by atoms with Crippen LogP contribution in [0.5, 0.6) is 5.75 Å². The van der Waals surface area contributed by atoms with Crippen molar-refractivity contribution in [1.29, 1.82) is 0 Å². The summed E-state index contributed by atoms with van der Waals surface area (Å²) in [5.74, 6) is 1.61. The molecule has 2 N–H and O–H groups in total. The van der Waals surface area contributed by atoms with Crippen molar-refractivity contribution in [2.24, 2.45) is 0 Å². The zero-order chi connectivity index (χ0) is 17.7. The van der Waals surface area contributed by atoms with Crippen molar-refractivity contribution in [2.45, 2.75) is 52.8 Å². The SMILES string of the molecule is CCn1c(CNC(=O)[C@H](C)Oc2cccc(C(C)C)c2)n[nH]c1=S. The first-order chi connectivity index (χ1) is 11.4. The Morgan fingerprint density at radius 3 is 2.83 bits per heavy atom. The Morgan fingerprint density at radius 2 is 2.17 bits per heavy atom. The number of hydrogen-bond donors (Lipinski definition) is 2. The lowest BCUT2D eigenvalue weighted by atomic mass is 10.0. The van der Waals surface area contributed by atoms with Crippen LogP contribution in [0.2, 0.25) is 0 Å². The number of benzene rings is 1. The highest BCUT2D eigenvalue weighted by atomic mass is 32.1. The van der Waals surface area contributed by atoms with E-state index in [4.69, 9.17) is 17.0 Å². The average molecular weight is 348 g/mol. The van der Waals surface area contributed by atoms with Crippen LogP contribution >= 0.6 is 12.2 Å². The normalized spacial score (nSPS) is 12.2. The molecule has 0 fully saturated rings. The summed E-state index contributed by atoms with van der Waals surface area (Å²) in [4.78, 5) is 12.2. The van der Waals surface area contributed by atoms with Crippen LogP contribution in [-0.2, 0) is 17.9 Å². The van der Waals surface area contributed by atoms with Gasteiger partial charge in [-0.1, -0.05) is 26.0 Å². The molecule has 1 amide bonds. The molecule has 1 heterocycles. The number of aromatic amines is 1. The Morgan fingerprint density at radius 1 is 1.42 bits per heavy atom. The molecule has 0 saturated heterocycles. The minimum atomic E-state index is -0.593. The number of rotatable bonds is 7. The van der Waals surface area contributed by atoms with Crippen LogP contribution in [0.1, 0.15) is 45.0 Å². The third-order valence-electron chi connectivity index (χ3n) is 3.78. The van der Waals surface area contributed by atoms with Crippen LogP contribution in [-0.4, -0.2) is 26.8 Å². The van der Waals surface area contributed by atoms with Gasteiger partial charge in [0.05, 0.1) is 6.54 Å². The van der Waals surface area contributed by atoms with Gasteiger partial charge in [0.2, 0.25) is 0 Å². The van der Waals surface area contributed by atoms with E-state index in [9.17, 15) is 4.79 Å². The number of aromatic nitrogens is 3. The van der Waals surface area contributed by atoms with Crippen LogP contribution in [0, 0.1) is 4.77 Å². The molecule has 1 atom stereocenters. The fourth-order valence-electron chi connectivity index (χ4n) is 2.33. The standard InChI is InChI=1S/C17H24N4O2S/c1-5-21-15(19-20-17(21)24)10-18-16(22)12(4)23-14-8-6-7-13(9-14)11(2)3/h6-9,11-12H,5,10H2,1-4H3,(H,18,22)(H,20,24)/t12-/m0/s1. The maximum atomic E-state index is 12.2. The molecule has 0 aliphatic rings. The molecule has 24 heavy (non-hydrogen) atoms. The molecule has 1 aromatic carbocycles. The Balaban J connectivity index is 1.95. The molecule has 2 aromatic rings. The zero-order valence-corrected chi connectivity index (χ0v) is 15.3. The number of carbonyl (C=O) groups excluding carboxylic acids is 1. The van der Waals surface area contributed by atoms with Gasteiger partial charge in [-0.25, -0.2) is 0 Å². The topological polar surface area (TPSA) is 71.9 Å². The molecule has 6 nitrogen and oxygen atoms in total. The summed E-state index contributed by atoms with van der Waals surface area (Å²) >= 11 is 5.13. The Bertz CT molecular complexity index is 751. The van der Waals surface area contributed by atoms with Gasteiger partial charge in [-0.15, -0.1) is 0 Å². The number of nitrogens with zero attached hydrogens (tertiary/aromatic N) is 2. The summed E-state index contributed by atoms with van der Waals surface area (Å²) in [5.41, 5.74) is 1.18. The Labute approximate surface area is 147 Å². The Kier molecular flexibility index (Phi) is 6.14. The molecule has 0 saturated carbocycles. The summed E-state index contributed by atoms with van der Waals surface area (Å²) in [6.07, 6.45) is -0.593. The molecule has 1 aromatic heterocycles. The second-order valence-electron chi connectivity index (χ2n) is 5.89. The van der Waals surface area contributed by atoms with Gasteiger partial charge in [-0.2, -0.15) is 5.10 Å². The first kappa shape index (κ1) is 18.2. The zero-order valence-electron chi connectivity index (χ0n) is 14.5. The van der Waals surface area contributed by atoms with E-state index in [1.54, 1.807) is 6.92 Å². The highest BCUT2D eigenvalue weighted by Gasteiger charge is 2.16. The lowest BCUT2D eigenvalue weighted by Crippen LogP contribution is -2.36. The lowest BCUT2D eigenvalue weighted by molar-refractivity contribution is -0.127. The number of ether oxygens (including phenoxy) is 1. The van der Waals surface area contributed by atoms with E-state index in [2.05, 4.69) is 35.4 Å². The molecule has 130 valence electrons. The molecule has 0 radical (unpaired) electrons. The highest BCUT2D eigenvalue weighted by Crippen LogP contribution is 2.21. The summed E-state index contributed by atoms with van der Waals surface area (Å²) in [6, 6.07) is 7.82. The third-order valence-corrected chi connectivity index (χ3v) is 4.09. The van der Waals surface area contributed by atoms with Crippen molar-refractivity contribution in [2.75, 3.05) is 0 Å². The summed E-state index contributed by atoms with van der Waals surface area (Å²) in [7, 11) is 0. The maximum absolute atomic E-state index is 12.2. The van der Waals surface area contributed by atoms with Gasteiger partial charge >= 0.3 is 0 Å². The molecule has 2 rings (SSSR count). The molecular weight excluding hydrogens is 324 g/mol. The minimum absolute atomic E-state index is 0.193. The van der Waals surface area contributed by atoms with Crippen molar-refractivity contribution in [1.82, 2.24) is 20.1 Å². The monoisotopic (exact) mass is 348 g/mol. The van der Waals surface area contributed by atoms with Crippen molar-refractivity contribution >= 4 is 18.1 Å². The van der Waals surface area contributed by atoms with Crippen molar-refractivity contribution in [3.8, 4) is 5.75 Å². The second kappa shape index (κ2) is 8.10. The quantitative estimate of drug-likeness (QED) is 0.754. The molecule has 0 spiro atoms. The van der Waals surface area contributed by atoms with E-state index in [0.717, 1.165) is 0 Å². The minimum Gasteiger partial charge on any atom is -0.481 e. The van der Waals surface area contributed by atoms with E-state index in [1.807, 2.05) is 29.7 Å². The predicted octanol–water partition coefficient (Wildman–Crippen LogP) is 3.17. The largest absolute Gasteiger partial charge is 0.481 e. The van der Waals surface area contributed by atoms with Gasteiger partial charge < -0.3 is 14.6 Å². The number of hydrogen-bond acceptors (Lipinski definition) is 4.